The summed E-state index contributed by atoms with van der Waals surface area (Å²) in [5.74, 6) is 0. The van der Waals surface area contributed by atoms with Gasteiger partial charge in [-0.1, -0.05) is 23.2 Å². The molecule has 0 N–H and O–H groups in total. The number of carbonyl (C=O) groups excluding carboxylic acids is 1. The molecule has 0 bridgehead atoms. The van der Waals surface area contributed by atoms with E-state index >= 15 is 0 Å². The fourth-order valence-corrected chi connectivity index (χ4v) is 1.50. The van der Waals surface area contributed by atoms with Crippen molar-refractivity contribution in [2.24, 2.45) is 4.99 Å². The van der Waals surface area contributed by atoms with Crippen molar-refractivity contribution in [1.29, 1.82) is 0 Å². The Kier molecular flexibility index (Phi) is 3.61. The van der Waals surface area contributed by atoms with Gasteiger partial charge in [0.1, 0.15) is 6.26 Å². The van der Waals surface area contributed by atoms with E-state index in [1.54, 1.807) is 24.3 Å². The van der Waals surface area contributed by atoms with Gasteiger partial charge in [0, 0.05) is 11.1 Å². The highest BCUT2D eigenvalue weighted by Crippen LogP contribution is 2.16. The minimum atomic E-state index is 0.293. The second-order valence-corrected chi connectivity index (χ2v) is 4.07. The van der Waals surface area contributed by atoms with Crippen LogP contribution in [0.25, 0.3) is 0 Å². The highest BCUT2D eigenvalue weighted by atomic mass is 35.5. The van der Waals surface area contributed by atoms with Gasteiger partial charge in [-0.05, 0) is 24.3 Å². The zero-order chi connectivity index (χ0) is 12.3. The Balaban J connectivity index is 2.43. The van der Waals surface area contributed by atoms with Gasteiger partial charge >= 0.3 is 0 Å². The predicted molar refractivity (Wildman–Crippen MR) is 65.8 cm³/mol. The number of halogens is 2. The molecule has 1 heterocycles. The standard InChI is InChI=1S/C12H7Cl2NO2/c13-9-1-3-10(4-2-9)15-12-5-11(14)8(6-16)7-17-12/h1-7H. The van der Waals surface area contributed by atoms with Crippen LogP contribution in [-0.4, -0.2) is 6.29 Å². The Morgan fingerprint density at radius 3 is 2.47 bits per heavy atom. The van der Waals surface area contributed by atoms with E-state index in [-0.39, 0.29) is 0 Å². The Labute approximate surface area is 107 Å². The van der Waals surface area contributed by atoms with Crippen LogP contribution in [0, 0.1) is 0 Å². The number of aldehydes is 1. The molecule has 17 heavy (non-hydrogen) atoms. The fourth-order valence-electron chi connectivity index (χ4n) is 1.19. The molecule has 3 nitrogen and oxygen atoms in total. The van der Waals surface area contributed by atoms with Crippen LogP contribution >= 0.6 is 23.2 Å². The summed E-state index contributed by atoms with van der Waals surface area (Å²) in [7, 11) is 0. The molecule has 1 aromatic heterocycles. The number of rotatable bonds is 2. The lowest BCUT2D eigenvalue weighted by Gasteiger charge is -1.95. The molecular weight excluding hydrogens is 261 g/mol. The lowest BCUT2D eigenvalue weighted by atomic mass is 10.3. The summed E-state index contributed by atoms with van der Waals surface area (Å²) >= 11 is 11.6. The highest BCUT2D eigenvalue weighted by molar-refractivity contribution is 6.32. The maximum absolute atomic E-state index is 10.5. The molecular formula is C12H7Cl2NO2. The Bertz CT molecular complexity index is 603. The fraction of sp³-hybridized carbons (Fsp3) is 0. The third kappa shape index (κ3) is 2.96. The first-order valence-corrected chi connectivity index (χ1v) is 5.48. The molecule has 0 atom stereocenters. The average molecular weight is 268 g/mol. The smallest absolute Gasteiger partial charge is 0.220 e. The molecule has 0 radical (unpaired) electrons. The molecule has 0 spiro atoms. The van der Waals surface area contributed by atoms with E-state index in [0.717, 1.165) is 0 Å². The van der Waals surface area contributed by atoms with Gasteiger partial charge in [0.15, 0.2) is 6.29 Å². The average Bonchev–Trinajstić information content (AvgIpc) is 2.32. The third-order valence-corrected chi connectivity index (χ3v) is 2.60. The van der Waals surface area contributed by atoms with E-state index in [0.29, 0.717) is 33.1 Å². The van der Waals surface area contributed by atoms with Gasteiger partial charge in [-0.25, -0.2) is 4.99 Å². The second-order valence-electron chi connectivity index (χ2n) is 3.23. The molecule has 0 saturated heterocycles. The van der Waals surface area contributed by atoms with Crippen molar-refractivity contribution < 1.29 is 9.21 Å². The minimum Gasteiger partial charge on any atom is -0.446 e. The summed E-state index contributed by atoms with van der Waals surface area (Å²) in [4.78, 5) is 14.7. The lowest BCUT2D eigenvalue weighted by Crippen LogP contribution is -2.00. The molecule has 0 aliphatic carbocycles. The quantitative estimate of drug-likeness (QED) is 0.780. The SMILES string of the molecule is O=Cc1coc(=Nc2ccc(Cl)cc2)cc1Cl. The third-order valence-electron chi connectivity index (χ3n) is 2.03. The molecule has 0 saturated carbocycles. The molecule has 2 rings (SSSR count). The first kappa shape index (κ1) is 11.9. The first-order chi connectivity index (χ1) is 8.19. The van der Waals surface area contributed by atoms with Crippen LogP contribution in [0.1, 0.15) is 10.4 Å². The molecule has 0 fully saturated rings. The summed E-state index contributed by atoms with van der Waals surface area (Å²) in [5.41, 5.74) is 1.30. The van der Waals surface area contributed by atoms with Gasteiger partial charge in [-0.15, -0.1) is 0 Å². The van der Waals surface area contributed by atoms with E-state index in [2.05, 4.69) is 4.99 Å². The number of hydrogen-bond donors (Lipinski definition) is 0. The maximum atomic E-state index is 10.5. The van der Waals surface area contributed by atoms with Crippen molar-refractivity contribution in [3.8, 4) is 0 Å². The van der Waals surface area contributed by atoms with Crippen molar-refractivity contribution in [3.63, 3.8) is 0 Å². The van der Waals surface area contributed by atoms with E-state index in [1.165, 1.54) is 12.3 Å². The molecule has 86 valence electrons. The molecule has 0 amide bonds. The topological polar surface area (TPSA) is 42.6 Å². The van der Waals surface area contributed by atoms with E-state index in [4.69, 9.17) is 27.6 Å². The van der Waals surface area contributed by atoms with Crippen LogP contribution in [-0.2, 0) is 0 Å². The predicted octanol–water partition coefficient (Wildman–Crippen LogP) is 3.63. The van der Waals surface area contributed by atoms with Gasteiger partial charge < -0.3 is 4.42 Å². The van der Waals surface area contributed by atoms with Gasteiger partial charge in [0.05, 0.1) is 16.3 Å². The molecule has 1 aromatic carbocycles. The van der Waals surface area contributed by atoms with Gasteiger partial charge in [0.25, 0.3) is 0 Å². The maximum Gasteiger partial charge on any atom is 0.220 e. The van der Waals surface area contributed by atoms with Crippen molar-refractivity contribution in [1.82, 2.24) is 0 Å². The first-order valence-electron chi connectivity index (χ1n) is 4.73. The zero-order valence-corrected chi connectivity index (χ0v) is 10.1. The zero-order valence-electron chi connectivity index (χ0n) is 8.56. The van der Waals surface area contributed by atoms with Gasteiger partial charge in [-0.2, -0.15) is 0 Å². The minimum absolute atomic E-state index is 0.293. The Hall–Kier alpha value is -1.58. The molecule has 5 heteroatoms. The molecule has 0 unspecified atom stereocenters. The van der Waals surface area contributed by atoms with Crippen LogP contribution in [0.5, 0.6) is 0 Å². The summed E-state index contributed by atoms with van der Waals surface area (Å²) in [5, 5.41) is 0.939. The van der Waals surface area contributed by atoms with Crippen LogP contribution in [0.4, 0.5) is 5.69 Å². The Morgan fingerprint density at radius 2 is 1.88 bits per heavy atom. The van der Waals surface area contributed by atoms with E-state index < -0.39 is 0 Å². The highest BCUT2D eigenvalue weighted by Gasteiger charge is 1.99. The number of hydrogen-bond acceptors (Lipinski definition) is 3. The molecule has 2 aromatic rings. The van der Waals surface area contributed by atoms with Crippen molar-refractivity contribution in [3.05, 3.63) is 57.8 Å². The van der Waals surface area contributed by atoms with Crippen molar-refractivity contribution in [2.75, 3.05) is 0 Å². The number of carbonyl (C=O) groups is 1. The van der Waals surface area contributed by atoms with Crippen LogP contribution in [0.15, 0.2) is 46.0 Å². The largest absolute Gasteiger partial charge is 0.446 e. The van der Waals surface area contributed by atoms with E-state index in [9.17, 15) is 4.79 Å². The normalized spacial score (nSPS) is 11.5. The second kappa shape index (κ2) is 5.17. The molecule has 0 aliphatic rings. The van der Waals surface area contributed by atoms with Crippen LogP contribution < -0.4 is 5.55 Å². The molecule has 0 aliphatic heterocycles. The number of nitrogens with zero attached hydrogens (tertiary/aromatic N) is 1. The summed E-state index contributed by atoms with van der Waals surface area (Å²) in [6.45, 7) is 0. The van der Waals surface area contributed by atoms with Gasteiger partial charge in [-0.3, -0.25) is 4.79 Å². The summed E-state index contributed by atoms with van der Waals surface area (Å²) < 4.78 is 5.15. The monoisotopic (exact) mass is 267 g/mol. The summed E-state index contributed by atoms with van der Waals surface area (Å²) in [6.07, 6.45) is 1.89. The van der Waals surface area contributed by atoms with Crippen molar-refractivity contribution in [2.45, 2.75) is 0 Å². The number of benzene rings is 1. The Morgan fingerprint density at radius 1 is 1.18 bits per heavy atom. The summed E-state index contributed by atoms with van der Waals surface area (Å²) in [6, 6.07) is 8.43. The van der Waals surface area contributed by atoms with Crippen LogP contribution in [0.3, 0.4) is 0 Å². The van der Waals surface area contributed by atoms with Crippen LogP contribution in [0.2, 0.25) is 10.0 Å². The lowest BCUT2D eigenvalue weighted by molar-refractivity contribution is 0.112. The van der Waals surface area contributed by atoms with Gasteiger partial charge in [0.2, 0.25) is 5.55 Å². The van der Waals surface area contributed by atoms with E-state index in [1.807, 2.05) is 0 Å². The van der Waals surface area contributed by atoms with Crippen molar-refractivity contribution >= 4 is 35.2 Å².